The highest BCUT2D eigenvalue weighted by atomic mass is 32.1. The van der Waals surface area contributed by atoms with Crippen LogP contribution in [0.4, 0.5) is 0 Å². The van der Waals surface area contributed by atoms with E-state index in [0.29, 0.717) is 22.6 Å². The number of rotatable bonds is 6. The summed E-state index contributed by atoms with van der Waals surface area (Å²) in [6.07, 6.45) is 1.46. The van der Waals surface area contributed by atoms with E-state index in [9.17, 15) is 19.5 Å². The number of amides is 1. The Balaban J connectivity index is 1.59. The van der Waals surface area contributed by atoms with Gasteiger partial charge < -0.3 is 19.5 Å². The van der Waals surface area contributed by atoms with Crippen LogP contribution in [0.25, 0.3) is 0 Å². The molecule has 1 aliphatic carbocycles. The Morgan fingerprint density at radius 2 is 1.73 bits per heavy atom. The Labute approximate surface area is 218 Å². The summed E-state index contributed by atoms with van der Waals surface area (Å²) in [5.74, 6) is -2.03. The van der Waals surface area contributed by atoms with Gasteiger partial charge in [0.25, 0.3) is 0 Å². The third-order valence-electron chi connectivity index (χ3n) is 7.76. The number of likely N-dealkylation sites (tertiary alicyclic amines) is 1. The molecule has 0 bridgehead atoms. The van der Waals surface area contributed by atoms with Crippen LogP contribution in [0.5, 0.6) is 11.5 Å². The zero-order chi connectivity index (χ0) is 25.8. The molecule has 8 heteroatoms. The van der Waals surface area contributed by atoms with Crippen LogP contribution in [0.15, 0.2) is 53.9 Å². The lowest BCUT2D eigenvalue weighted by Crippen LogP contribution is -2.44. The predicted octanol–water partition coefficient (Wildman–Crippen LogP) is 5.12. The fourth-order valence-electron chi connectivity index (χ4n) is 5.83. The molecule has 37 heavy (non-hydrogen) atoms. The van der Waals surface area contributed by atoms with Gasteiger partial charge in [-0.15, -0.1) is 11.3 Å². The van der Waals surface area contributed by atoms with Crippen molar-refractivity contribution in [2.24, 2.45) is 11.8 Å². The molecule has 7 nitrogen and oxygen atoms in total. The summed E-state index contributed by atoms with van der Waals surface area (Å²) in [6, 6.07) is 12.8. The van der Waals surface area contributed by atoms with Gasteiger partial charge in [-0.25, -0.2) is 4.79 Å². The number of carbonyl (C=O) groups excluding carboxylic acids is 2. The number of ether oxygens (including phenoxy) is 2. The van der Waals surface area contributed by atoms with Gasteiger partial charge in [0.2, 0.25) is 12.7 Å². The Hall–Kier alpha value is -3.65. The van der Waals surface area contributed by atoms with Gasteiger partial charge >= 0.3 is 5.97 Å². The standard InChI is InChI=1S/C29H27NO6S/c1-15-5-3-4-6-19(15)26(31)22-23(27-16(2)11-12-37-27)25(29(33)34)30(28(32)17-7-8-17)24(22)18-9-10-20-21(13-18)36-14-35-20/h3-6,9-13,17,22-25H,7-8,14H2,1-2H3,(H,33,34). The van der Waals surface area contributed by atoms with Crippen molar-refractivity contribution in [2.75, 3.05) is 6.79 Å². The maximum absolute atomic E-state index is 14.4. The van der Waals surface area contributed by atoms with Crippen molar-refractivity contribution in [2.45, 2.75) is 44.7 Å². The van der Waals surface area contributed by atoms with E-state index in [1.54, 1.807) is 18.2 Å². The summed E-state index contributed by atoms with van der Waals surface area (Å²) in [6.45, 7) is 3.90. The smallest absolute Gasteiger partial charge is 0.327 e. The van der Waals surface area contributed by atoms with Gasteiger partial charge in [-0.3, -0.25) is 9.59 Å². The van der Waals surface area contributed by atoms with Crippen LogP contribution in [0.1, 0.15) is 56.7 Å². The molecule has 2 aromatic carbocycles. The summed E-state index contributed by atoms with van der Waals surface area (Å²) < 4.78 is 11.1. The molecule has 1 aromatic heterocycles. The van der Waals surface area contributed by atoms with Gasteiger partial charge in [0.15, 0.2) is 17.3 Å². The Kier molecular flexibility index (Phi) is 5.79. The predicted molar refractivity (Wildman–Crippen MR) is 137 cm³/mol. The summed E-state index contributed by atoms with van der Waals surface area (Å²) >= 11 is 1.45. The molecule has 3 aliphatic rings. The lowest BCUT2D eigenvalue weighted by molar-refractivity contribution is -0.150. The van der Waals surface area contributed by atoms with Gasteiger partial charge in [0, 0.05) is 22.3 Å². The number of aryl methyl sites for hydroxylation is 2. The molecule has 3 heterocycles. The fourth-order valence-corrected chi connectivity index (χ4v) is 6.94. The molecular weight excluding hydrogens is 490 g/mol. The number of hydrogen-bond acceptors (Lipinski definition) is 6. The number of fused-ring (bicyclic) bond motifs is 1. The van der Waals surface area contributed by atoms with E-state index in [0.717, 1.165) is 28.8 Å². The third kappa shape index (κ3) is 3.91. The quantitative estimate of drug-likeness (QED) is 0.456. The molecule has 4 unspecified atom stereocenters. The number of aliphatic carboxylic acids is 1. The van der Waals surface area contributed by atoms with E-state index in [2.05, 4.69) is 0 Å². The van der Waals surface area contributed by atoms with Gasteiger partial charge in [0.1, 0.15) is 6.04 Å². The minimum atomic E-state index is -1.17. The molecule has 0 radical (unpaired) electrons. The number of carbonyl (C=O) groups is 3. The van der Waals surface area contributed by atoms with Crippen molar-refractivity contribution < 1.29 is 29.0 Å². The summed E-state index contributed by atoms with van der Waals surface area (Å²) in [5.41, 5.74) is 2.96. The molecular formula is C29H27NO6S. The van der Waals surface area contributed by atoms with Gasteiger partial charge in [-0.2, -0.15) is 0 Å². The van der Waals surface area contributed by atoms with Crippen molar-refractivity contribution in [1.82, 2.24) is 4.90 Å². The number of benzene rings is 2. The minimum absolute atomic E-state index is 0.0918. The first-order chi connectivity index (χ1) is 17.9. The van der Waals surface area contributed by atoms with Crippen molar-refractivity contribution >= 4 is 29.0 Å². The van der Waals surface area contributed by atoms with Crippen molar-refractivity contribution in [1.29, 1.82) is 0 Å². The molecule has 3 aromatic rings. The first-order valence-electron chi connectivity index (χ1n) is 12.4. The lowest BCUT2D eigenvalue weighted by atomic mass is 9.77. The molecule has 4 atom stereocenters. The number of thiophene rings is 1. The highest BCUT2D eigenvalue weighted by Crippen LogP contribution is 2.55. The minimum Gasteiger partial charge on any atom is -0.480 e. The average Bonchev–Trinajstić information content (AvgIpc) is 3.31. The van der Waals surface area contributed by atoms with Crippen LogP contribution in [0.2, 0.25) is 0 Å². The van der Waals surface area contributed by atoms with Crippen LogP contribution < -0.4 is 9.47 Å². The average molecular weight is 518 g/mol. The second kappa shape index (κ2) is 9.03. The van der Waals surface area contributed by atoms with Crippen LogP contribution >= 0.6 is 11.3 Å². The van der Waals surface area contributed by atoms with E-state index in [-0.39, 0.29) is 24.4 Å². The normalized spacial score (nSPS) is 24.3. The number of nitrogens with zero attached hydrogens (tertiary/aromatic N) is 1. The maximum atomic E-state index is 14.4. The largest absolute Gasteiger partial charge is 0.480 e. The zero-order valence-electron chi connectivity index (χ0n) is 20.5. The van der Waals surface area contributed by atoms with E-state index in [1.165, 1.54) is 16.2 Å². The highest BCUT2D eigenvalue weighted by molar-refractivity contribution is 7.10. The molecule has 1 saturated carbocycles. The number of ketones is 1. The SMILES string of the molecule is Cc1ccccc1C(=O)C1C(c2sccc2C)C(C(=O)O)N(C(=O)C2CC2)C1c1ccc2c(c1)OCO2. The van der Waals surface area contributed by atoms with Crippen LogP contribution in [0.3, 0.4) is 0 Å². The topological polar surface area (TPSA) is 93.1 Å². The Bertz CT molecular complexity index is 1410. The van der Waals surface area contributed by atoms with Crippen molar-refractivity contribution in [3.63, 3.8) is 0 Å². The number of carboxylic acids is 1. The first kappa shape index (κ1) is 23.7. The third-order valence-corrected chi connectivity index (χ3v) is 8.88. The Morgan fingerprint density at radius 1 is 0.973 bits per heavy atom. The van der Waals surface area contributed by atoms with Crippen molar-refractivity contribution in [3.05, 3.63) is 81.0 Å². The monoisotopic (exact) mass is 517 g/mol. The van der Waals surface area contributed by atoms with E-state index in [1.807, 2.05) is 49.6 Å². The van der Waals surface area contributed by atoms with Crippen LogP contribution in [-0.2, 0) is 9.59 Å². The van der Waals surface area contributed by atoms with Crippen LogP contribution in [0, 0.1) is 25.7 Å². The Morgan fingerprint density at radius 3 is 2.41 bits per heavy atom. The van der Waals surface area contributed by atoms with Gasteiger partial charge in [-0.1, -0.05) is 30.3 Å². The van der Waals surface area contributed by atoms with E-state index < -0.39 is 29.9 Å². The highest BCUT2D eigenvalue weighted by Gasteiger charge is 2.59. The zero-order valence-corrected chi connectivity index (χ0v) is 21.4. The molecule has 1 amide bonds. The molecule has 190 valence electrons. The van der Waals surface area contributed by atoms with Gasteiger partial charge in [0.05, 0.1) is 12.0 Å². The molecule has 1 saturated heterocycles. The summed E-state index contributed by atoms with van der Waals surface area (Å²) in [7, 11) is 0. The summed E-state index contributed by atoms with van der Waals surface area (Å²) in [4.78, 5) is 43.6. The molecule has 2 fully saturated rings. The number of carboxylic acid groups (broad SMARTS) is 1. The summed E-state index contributed by atoms with van der Waals surface area (Å²) in [5, 5.41) is 12.5. The van der Waals surface area contributed by atoms with Crippen LogP contribution in [-0.4, -0.2) is 40.5 Å². The molecule has 0 spiro atoms. The second-order valence-electron chi connectivity index (χ2n) is 10.1. The van der Waals surface area contributed by atoms with Gasteiger partial charge in [-0.05, 0) is 67.0 Å². The second-order valence-corrected chi connectivity index (χ2v) is 11.0. The maximum Gasteiger partial charge on any atom is 0.327 e. The first-order valence-corrected chi connectivity index (χ1v) is 13.3. The molecule has 1 N–H and O–H groups in total. The lowest BCUT2D eigenvalue weighted by Gasteiger charge is -2.30. The van der Waals surface area contributed by atoms with E-state index in [4.69, 9.17) is 9.47 Å². The molecule has 6 rings (SSSR count). The fraction of sp³-hybridized carbons (Fsp3) is 0.345. The number of hydrogen-bond donors (Lipinski definition) is 1. The molecule has 2 aliphatic heterocycles. The van der Waals surface area contributed by atoms with E-state index >= 15 is 0 Å². The number of Topliss-reactive ketones (excluding diaryl/α,β-unsaturated/α-hetero) is 1. The van der Waals surface area contributed by atoms with Crippen molar-refractivity contribution in [3.8, 4) is 11.5 Å².